The maximum absolute atomic E-state index is 13.4. The van der Waals surface area contributed by atoms with Crippen LogP contribution in [-0.4, -0.2) is 68.4 Å². The lowest BCUT2D eigenvalue weighted by molar-refractivity contribution is -0.221. The number of nitrogens with one attached hydrogen (secondary N) is 1. The standard InChI is InChI=1S/C20H28N2O6S/c23-8-12-14(24)15(25)16(26)18(28-12)22-19-21-7-13(29-19)17(27)20-4-9-1-10(5-20)3-11(2-9)6-20/h7,9-12,14-16,18,23-26H,1-6,8H2,(H,21,22)/t9?,10?,11?,12?,14-,15?,16-,18+,20?/m1/s1. The van der Waals surface area contributed by atoms with Crippen LogP contribution in [0.3, 0.4) is 0 Å². The average Bonchev–Trinajstić information content (AvgIpc) is 3.15. The van der Waals surface area contributed by atoms with Gasteiger partial charge < -0.3 is 30.5 Å². The van der Waals surface area contributed by atoms with Gasteiger partial charge in [-0.25, -0.2) is 4.98 Å². The number of hydrogen-bond acceptors (Lipinski definition) is 9. The minimum absolute atomic E-state index is 0.191. The van der Waals surface area contributed by atoms with Crippen molar-refractivity contribution in [1.29, 1.82) is 0 Å². The van der Waals surface area contributed by atoms with E-state index in [1.165, 1.54) is 30.6 Å². The molecule has 1 aliphatic heterocycles. The summed E-state index contributed by atoms with van der Waals surface area (Å²) in [7, 11) is 0. The first-order valence-corrected chi connectivity index (χ1v) is 11.3. The van der Waals surface area contributed by atoms with E-state index in [0.29, 0.717) is 27.8 Å². The molecule has 5 fully saturated rings. The number of nitrogens with zero attached hydrogens (tertiary/aromatic N) is 1. The molecular formula is C20H28N2O6S. The van der Waals surface area contributed by atoms with Crippen molar-refractivity contribution in [3.63, 3.8) is 0 Å². The summed E-state index contributed by atoms with van der Waals surface area (Å²) in [6, 6.07) is 0. The van der Waals surface area contributed by atoms with Crippen LogP contribution >= 0.6 is 11.3 Å². The Hall–Kier alpha value is -1.10. The van der Waals surface area contributed by atoms with Gasteiger partial charge in [0.2, 0.25) is 0 Å². The molecule has 9 heteroatoms. The molecule has 0 spiro atoms. The number of ketones is 1. The normalized spacial score (nSPS) is 46.1. The highest BCUT2D eigenvalue weighted by Gasteiger charge is 2.55. The molecule has 5 atom stereocenters. The van der Waals surface area contributed by atoms with Crippen molar-refractivity contribution in [3.8, 4) is 0 Å². The zero-order valence-corrected chi connectivity index (χ0v) is 16.9. The molecular weight excluding hydrogens is 396 g/mol. The topological polar surface area (TPSA) is 132 Å². The number of aromatic nitrogens is 1. The number of thiazole rings is 1. The second-order valence-electron chi connectivity index (χ2n) is 9.45. The van der Waals surface area contributed by atoms with Crippen molar-refractivity contribution in [2.24, 2.45) is 23.2 Å². The number of carbonyl (C=O) groups is 1. The maximum atomic E-state index is 13.4. The van der Waals surface area contributed by atoms with Crippen LogP contribution < -0.4 is 5.32 Å². The molecule has 160 valence electrons. The maximum Gasteiger partial charge on any atom is 0.185 e. The third-order valence-corrected chi connectivity index (χ3v) is 8.33. The van der Waals surface area contributed by atoms with Gasteiger partial charge in [0.25, 0.3) is 0 Å². The molecule has 29 heavy (non-hydrogen) atoms. The van der Waals surface area contributed by atoms with Gasteiger partial charge in [0.1, 0.15) is 24.4 Å². The summed E-state index contributed by atoms with van der Waals surface area (Å²) >= 11 is 1.23. The fourth-order valence-electron chi connectivity index (χ4n) is 6.44. The van der Waals surface area contributed by atoms with Crippen LogP contribution in [0.5, 0.6) is 0 Å². The van der Waals surface area contributed by atoms with Crippen molar-refractivity contribution in [2.45, 2.75) is 69.2 Å². The summed E-state index contributed by atoms with van der Waals surface area (Å²) < 4.78 is 5.47. The largest absolute Gasteiger partial charge is 0.394 e. The number of rotatable bonds is 5. The highest BCUT2D eigenvalue weighted by molar-refractivity contribution is 7.17. The van der Waals surface area contributed by atoms with Crippen LogP contribution in [0.4, 0.5) is 5.13 Å². The van der Waals surface area contributed by atoms with Gasteiger partial charge in [0, 0.05) is 5.41 Å². The Balaban J connectivity index is 1.30. The molecule has 8 nitrogen and oxygen atoms in total. The number of aliphatic hydroxyl groups is 4. The molecule has 5 N–H and O–H groups in total. The highest BCUT2D eigenvalue weighted by Crippen LogP contribution is 2.61. The van der Waals surface area contributed by atoms with Gasteiger partial charge in [-0.3, -0.25) is 4.79 Å². The van der Waals surface area contributed by atoms with E-state index < -0.39 is 37.3 Å². The summed E-state index contributed by atoms with van der Waals surface area (Å²) in [5.41, 5.74) is -0.234. The second-order valence-corrected chi connectivity index (χ2v) is 10.5. The van der Waals surface area contributed by atoms with Gasteiger partial charge in [-0.1, -0.05) is 11.3 Å². The van der Waals surface area contributed by atoms with E-state index in [0.717, 1.165) is 19.3 Å². The minimum Gasteiger partial charge on any atom is -0.394 e. The molecule has 1 saturated heterocycles. The van der Waals surface area contributed by atoms with E-state index in [2.05, 4.69) is 10.3 Å². The molecule has 4 bridgehead atoms. The van der Waals surface area contributed by atoms with E-state index >= 15 is 0 Å². The number of carbonyl (C=O) groups excluding carboxylic acids is 1. The number of Topliss-reactive ketones (excluding diaryl/α,β-unsaturated/α-hetero) is 1. The number of anilines is 1. The van der Waals surface area contributed by atoms with Gasteiger partial charge in [0.05, 0.1) is 17.7 Å². The van der Waals surface area contributed by atoms with Crippen LogP contribution in [0.2, 0.25) is 0 Å². The predicted octanol–water partition coefficient (Wildman–Crippen LogP) is 0.754. The lowest BCUT2D eigenvalue weighted by Crippen LogP contribution is -2.60. The van der Waals surface area contributed by atoms with Gasteiger partial charge in [0.15, 0.2) is 17.1 Å². The summed E-state index contributed by atoms with van der Waals surface area (Å²) in [6.07, 6.45) is 2.11. The fraction of sp³-hybridized carbons (Fsp3) is 0.800. The average molecular weight is 425 g/mol. The third-order valence-electron chi connectivity index (χ3n) is 7.41. The van der Waals surface area contributed by atoms with Gasteiger partial charge in [-0.2, -0.15) is 0 Å². The van der Waals surface area contributed by atoms with Gasteiger partial charge in [-0.05, 0) is 56.3 Å². The first kappa shape index (κ1) is 19.8. The quantitative estimate of drug-likeness (QED) is 0.438. The summed E-state index contributed by atoms with van der Waals surface area (Å²) in [5, 5.41) is 42.6. The first-order valence-electron chi connectivity index (χ1n) is 10.5. The Morgan fingerprint density at radius 3 is 2.31 bits per heavy atom. The van der Waals surface area contributed by atoms with Gasteiger partial charge in [-0.15, -0.1) is 0 Å². The van der Waals surface area contributed by atoms with Crippen LogP contribution in [0.25, 0.3) is 0 Å². The zero-order chi connectivity index (χ0) is 20.3. The fourth-order valence-corrected chi connectivity index (χ4v) is 7.34. The highest BCUT2D eigenvalue weighted by atomic mass is 32.1. The Bertz CT molecular complexity index is 747. The molecule has 2 heterocycles. The summed E-state index contributed by atoms with van der Waals surface area (Å²) in [6.45, 7) is -0.489. The Morgan fingerprint density at radius 1 is 1.10 bits per heavy atom. The van der Waals surface area contributed by atoms with Crippen LogP contribution in [0, 0.1) is 23.2 Å². The zero-order valence-electron chi connectivity index (χ0n) is 16.1. The monoisotopic (exact) mass is 424 g/mol. The number of ether oxygens (including phenoxy) is 1. The molecule has 0 radical (unpaired) electrons. The molecule has 0 aromatic carbocycles. The smallest absolute Gasteiger partial charge is 0.185 e. The molecule has 1 aromatic heterocycles. The van der Waals surface area contributed by atoms with Crippen molar-refractivity contribution in [2.75, 3.05) is 11.9 Å². The number of hydrogen-bond donors (Lipinski definition) is 5. The Morgan fingerprint density at radius 2 is 1.72 bits per heavy atom. The van der Waals surface area contributed by atoms with Crippen molar-refractivity contribution < 1.29 is 30.0 Å². The van der Waals surface area contributed by atoms with Crippen LogP contribution in [0.15, 0.2) is 6.20 Å². The lowest BCUT2D eigenvalue weighted by atomic mass is 9.48. The van der Waals surface area contributed by atoms with E-state index in [1.54, 1.807) is 6.20 Å². The second kappa shape index (κ2) is 7.25. The Labute approximate surface area is 172 Å². The molecule has 4 saturated carbocycles. The van der Waals surface area contributed by atoms with Crippen LogP contribution in [-0.2, 0) is 4.74 Å². The molecule has 1 aromatic rings. The van der Waals surface area contributed by atoms with Crippen molar-refractivity contribution in [1.82, 2.24) is 4.98 Å². The summed E-state index contributed by atoms with van der Waals surface area (Å²) in [4.78, 5) is 18.3. The first-order chi connectivity index (χ1) is 13.9. The molecule has 0 amide bonds. The molecule has 4 aliphatic carbocycles. The lowest BCUT2D eigenvalue weighted by Gasteiger charge is -2.55. The summed E-state index contributed by atoms with van der Waals surface area (Å²) in [5.74, 6) is 2.25. The molecule has 2 unspecified atom stereocenters. The van der Waals surface area contributed by atoms with Crippen molar-refractivity contribution >= 4 is 22.3 Å². The number of aliphatic hydroxyl groups excluding tert-OH is 4. The SMILES string of the molecule is O=C(c1cnc(N[C@H]2OC(CO)[C@@H](O)C(O)[C@H]2O)s1)C12CC3CC(CC(C3)C1)C2. The van der Waals surface area contributed by atoms with Crippen LogP contribution in [0.1, 0.15) is 48.2 Å². The van der Waals surface area contributed by atoms with E-state index in [1.807, 2.05) is 0 Å². The molecule has 5 aliphatic rings. The van der Waals surface area contributed by atoms with E-state index in [9.17, 15) is 25.2 Å². The third kappa shape index (κ3) is 3.32. The Kier molecular flexibility index (Phi) is 4.96. The minimum atomic E-state index is -1.45. The van der Waals surface area contributed by atoms with Crippen molar-refractivity contribution in [3.05, 3.63) is 11.1 Å². The van der Waals surface area contributed by atoms with E-state index in [4.69, 9.17) is 4.74 Å². The van der Waals surface area contributed by atoms with E-state index in [-0.39, 0.29) is 11.2 Å². The molecule has 6 rings (SSSR count). The van der Waals surface area contributed by atoms with Gasteiger partial charge >= 0.3 is 0 Å². The predicted molar refractivity (Wildman–Crippen MR) is 104 cm³/mol.